The lowest BCUT2D eigenvalue weighted by atomic mass is 9.46. The normalized spacial score (nSPS) is 52.8. The summed E-state index contributed by atoms with van der Waals surface area (Å²) in [7, 11) is 0. The molecule has 8 atom stereocenters. The van der Waals surface area contributed by atoms with Gasteiger partial charge < -0.3 is 16.1 Å². The lowest BCUT2D eigenvalue weighted by Crippen LogP contribution is -2.56. The smallest absolute Gasteiger partial charge is 0.0585 e. The van der Waals surface area contributed by atoms with E-state index >= 15 is 0 Å². The fourth-order valence-corrected chi connectivity index (χ4v) is 7.55. The van der Waals surface area contributed by atoms with Crippen LogP contribution in [0, 0.1) is 34.5 Å². The highest BCUT2D eigenvalue weighted by Gasteiger charge is 2.61. The van der Waals surface area contributed by atoms with E-state index in [-0.39, 0.29) is 23.0 Å². The molecule has 0 spiro atoms. The van der Waals surface area contributed by atoms with Gasteiger partial charge in [0.1, 0.15) is 0 Å². The molecule has 4 rings (SSSR count). The molecule has 0 aromatic heterocycles. The Bertz CT molecular complexity index is 615. The van der Waals surface area contributed by atoms with E-state index in [1.165, 1.54) is 12.0 Å². The van der Waals surface area contributed by atoms with Gasteiger partial charge in [-0.25, -0.2) is 0 Å². The average molecular weight is 347 g/mol. The number of nitrogens with two attached hydrogens (primary N) is 1. The number of allylic oxidation sites excluding steroid dienone is 1. The van der Waals surface area contributed by atoms with Crippen LogP contribution in [-0.4, -0.2) is 28.1 Å². The molecule has 0 radical (unpaired) electrons. The van der Waals surface area contributed by atoms with Crippen molar-refractivity contribution < 1.29 is 10.2 Å². The van der Waals surface area contributed by atoms with Crippen molar-refractivity contribution in [2.24, 2.45) is 45.4 Å². The minimum Gasteiger partial charge on any atom is -0.393 e. The second-order valence-corrected chi connectivity index (χ2v) is 9.75. The van der Waals surface area contributed by atoms with Crippen molar-refractivity contribution in [2.75, 3.05) is 0 Å². The van der Waals surface area contributed by atoms with Crippen LogP contribution in [-0.2, 0) is 0 Å². The van der Waals surface area contributed by atoms with Crippen molar-refractivity contribution in [1.82, 2.24) is 0 Å². The van der Waals surface area contributed by atoms with Crippen LogP contribution in [0.5, 0.6) is 0 Å². The zero-order valence-corrected chi connectivity index (χ0v) is 15.9. The molecular weight excluding hydrogens is 312 g/mol. The fourth-order valence-electron chi connectivity index (χ4n) is 7.55. The Balaban J connectivity index is 1.71. The average Bonchev–Trinajstić information content (AvgIpc) is 2.91. The predicted octanol–water partition coefficient (Wildman–Crippen LogP) is 3.23. The minimum absolute atomic E-state index is 0.0674. The summed E-state index contributed by atoms with van der Waals surface area (Å²) < 4.78 is 0. The highest BCUT2D eigenvalue weighted by atomic mass is 16.3. The molecule has 4 aliphatic carbocycles. The Morgan fingerprint density at radius 2 is 2.00 bits per heavy atom. The summed E-state index contributed by atoms with van der Waals surface area (Å²) in [6, 6.07) is 0. The van der Waals surface area contributed by atoms with E-state index in [2.05, 4.69) is 31.9 Å². The molecule has 0 aromatic carbocycles. The number of hydrazone groups is 1. The third-order valence-corrected chi connectivity index (χ3v) is 8.72. The second kappa shape index (κ2) is 5.82. The monoisotopic (exact) mass is 346 g/mol. The summed E-state index contributed by atoms with van der Waals surface area (Å²) in [6.07, 6.45) is 8.94. The van der Waals surface area contributed by atoms with Crippen molar-refractivity contribution in [2.45, 2.75) is 77.9 Å². The number of hydrogen-bond acceptors (Lipinski definition) is 4. The minimum atomic E-state index is -0.263. The van der Waals surface area contributed by atoms with E-state index in [1.807, 2.05) is 0 Å². The van der Waals surface area contributed by atoms with Gasteiger partial charge in [0.25, 0.3) is 0 Å². The van der Waals surface area contributed by atoms with Gasteiger partial charge >= 0.3 is 0 Å². The molecular formula is C21H34N2O2. The van der Waals surface area contributed by atoms with Crippen LogP contribution in [0.25, 0.3) is 0 Å². The van der Waals surface area contributed by atoms with Gasteiger partial charge in [-0.2, -0.15) is 5.10 Å². The van der Waals surface area contributed by atoms with Gasteiger partial charge in [0.2, 0.25) is 0 Å². The molecule has 0 amide bonds. The van der Waals surface area contributed by atoms with Crippen LogP contribution in [0.2, 0.25) is 0 Å². The van der Waals surface area contributed by atoms with E-state index in [9.17, 15) is 10.2 Å². The number of rotatable bonds is 1. The molecule has 25 heavy (non-hydrogen) atoms. The van der Waals surface area contributed by atoms with E-state index in [1.54, 1.807) is 0 Å². The van der Waals surface area contributed by atoms with Crippen molar-refractivity contribution in [3.8, 4) is 0 Å². The van der Waals surface area contributed by atoms with Crippen LogP contribution in [0.3, 0.4) is 0 Å². The quantitative estimate of drug-likeness (QED) is 0.295. The molecule has 3 fully saturated rings. The van der Waals surface area contributed by atoms with Crippen LogP contribution < -0.4 is 5.84 Å². The fraction of sp³-hybridized carbons (Fsp3) is 0.857. The van der Waals surface area contributed by atoms with Gasteiger partial charge in [-0.05, 0) is 80.5 Å². The second-order valence-electron chi connectivity index (χ2n) is 9.75. The van der Waals surface area contributed by atoms with E-state index in [0.29, 0.717) is 23.7 Å². The Kier molecular flexibility index (Phi) is 4.08. The third-order valence-electron chi connectivity index (χ3n) is 8.72. The molecule has 0 aliphatic heterocycles. The van der Waals surface area contributed by atoms with Crippen molar-refractivity contribution in [3.05, 3.63) is 11.6 Å². The van der Waals surface area contributed by atoms with Crippen molar-refractivity contribution in [3.63, 3.8) is 0 Å². The van der Waals surface area contributed by atoms with Gasteiger partial charge in [-0.15, -0.1) is 0 Å². The number of aliphatic hydroxyl groups is 2. The largest absolute Gasteiger partial charge is 0.393 e. The Hall–Kier alpha value is -0.870. The number of fused-ring (bicyclic) bond motifs is 5. The molecule has 0 aromatic rings. The van der Waals surface area contributed by atoms with Crippen molar-refractivity contribution >= 4 is 5.71 Å². The first-order chi connectivity index (χ1) is 11.8. The van der Waals surface area contributed by atoms with E-state index in [4.69, 9.17) is 5.84 Å². The molecule has 4 N–H and O–H groups in total. The molecule has 4 aliphatic rings. The summed E-state index contributed by atoms with van der Waals surface area (Å²) in [5.74, 6) is 7.55. The Morgan fingerprint density at radius 1 is 1.24 bits per heavy atom. The summed E-state index contributed by atoms with van der Waals surface area (Å²) in [6.45, 7) is 6.78. The molecule has 4 heteroatoms. The molecule has 0 saturated heterocycles. The molecule has 140 valence electrons. The van der Waals surface area contributed by atoms with Crippen LogP contribution in [0.4, 0.5) is 0 Å². The topological polar surface area (TPSA) is 78.8 Å². The zero-order chi connectivity index (χ0) is 18.0. The first-order valence-electron chi connectivity index (χ1n) is 10.1. The van der Waals surface area contributed by atoms with Crippen LogP contribution >= 0.6 is 0 Å². The highest BCUT2D eigenvalue weighted by molar-refractivity contribution is 5.85. The molecule has 0 unspecified atom stereocenters. The maximum absolute atomic E-state index is 11.3. The molecule has 0 bridgehead atoms. The lowest BCUT2D eigenvalue weighted by Gasteiger charge is -2.59. The maximum Gasteiger partial charge on any atom is 0.0585 e. The van der Waals surface area contributed by atoms with Gasteiger partial charge in [-0.1, -0.05) is 25.5 Å². The summed E-state index contributed by atoms with van der Waals surface area (Å²) in [5.41, 5.74) is 2.64. The standard InChI is InChI=1S/C21H34N2O2/c1-12(23-22)16-6-7-17-15-5-4-13-10-14(24)8-9-20(13,2)19(15)18(25)11-21(16,17)3/h4,14-19,24-25H,5-11,22H2,1-3H3/t14-,15-,16+,17-,18-,19+,20-,21+/m0/s1. The van der Waals surface area contributed by atoms with Crippen LogP contribution in [0.1, 0.15) is 65.7 Å². The first kappa shape index (κ1) is 17.5. The first-order valence-corrected chi connectivity index (χ1v) is 10.1. The lowest BCUT2D eigenvalue weighted by molar-refractivity contribution is -0.120. The summed E-state index contributed by atoms with van der Waals surface area (Å²) >= 11 is 0. The SMILES string of the molecule is CC(=NN)[C@H]1CC[C@H]2[C@@H]3CC=C4C[C@@H](O)CC[C@]4(C)[C@H]3[C@@H](O)C[C@]12C. The Morgan fingerprint density at radius 3 is 2.72 bits per heavy atom. The number of nitrogens with zero attached hydrogens (tertiary/aromatic N) is 1. The van der Waals surface area contributed by atoms with Gasteiger partial charge in [0.15, 0.2) is 0 Å². The van der Waals surface area contributed by atoms with Crippen LogP contribution in [0.15, 0.2) is 16.8 Å². The summed E-state index contributed by atoms with van der Waals surface area (Å²) in [4.78, 5) is 0. The van der Waals surface area contributed by atoms with Crippen molar-refractivity contribution in [1.29, 1.82) is 0 Å². The van der Waals surface area contributed by atoms with E-state index in [0.717, 1.165) is 44.2 Å². The van der Waals surface area contributed by atoms with Gasteiger partial charge in [0.05, 0.1) is 12.2 Å². The molecule has 4 nitrogen and oxygen atoms in total. The van der Waals surface area contributed by atoms with Gasteiger partial charge in [0, 0.05) is 11.6 Å². The maximum atomic E-state index is 11.3. The number of aliphatic hydroxyl groups excluding tert-OH is 2. The predicted molar refractivity (Wildman–Crippen MR) is 99.9 cm³/mol. The molecule has 3 saturated carbocycles. The zero-order valence-electron chi connectivity index (χ0n) is 15.9. The summed E-state index contributed by atoms with van der Waals surface area (Å²) in [5, 5.41) is 25.4. The van der Waals surface area contributed by atoms with Gasteiger partial charge in [-0.3, -0.25) is 0 Å². The highest BCUT2D eigenvalue weighted by Crippen LogP contribution is 2.66. The third kappa shape index (κ3) is 2.36. The number of hydrogen-bond donors (Lipinski definition) is 3. The van der Waals surface area contributed by atoms with E-state index < -0.39 is 0 Å². The molecule has 0 heterocycles. The Labute approximate surface area is 151 Å².